The van der Waals surface area contributed by atoms with E-state index in [1.165, 1.54) is 0 Å². The summed E-state index contributed by atoms with van der Waals surface area (Å²) in [5.41, 5.74) is 0.517. The van der Waals surface area contributed by atoms with Crippen molar-refractivity contribution < 1.29 is 0 Å². The molecule has 0 saturated heterocycles. The van der Waals surface area contributed by atoms with Crippen LogP contribution in [0.5, 0.6) is 0 Å². The minimum absolute atomic E-state index is 0.244. The van der Waals surface area contributed by atoms with E-state index in [-0.39, 0.29) is 16.8 Å². The molecule has 0 saturated carbocycles. The van der Waals surface area contributed by atoms with Crippen LogP contribution in [0.15, 0.2) is 26.9 Å². The molecule has 0 amide bonds. The van der Waals surface area contributed by atoms with Crippen LogP contribution in [0.3, 0.4) is 0 Å². The Morgan fingerprint density at radius 3 is 2.40 bits per heavy atom. The van der Waals surface area contributed by atoms with Crippen LogP contribution in [-0.4, -0.2) is 35.6 Å². The number of nitrogens with zero attached hydrogens (tertiary/aromatic N) is 4. The number of hydrogen-bond acceptors (Lipinski definition) is 6. The SMILES string of the molecule is Cc1cn(CCCCCCn2cnc3c(=O)[nH]c(NCC(C)C)nc32)c(=O)[nH]c1=O. The summed E-state index contributed by atoms with van der Waals surface area (Å²) in [5, 5.41) is 3.15. The number of nitrogens with one attached hydrogen (secondary N) is 3. The highest BCUT2D eigenvalue weighted by Crippen LogP contribution is 2.11. The van der Waals surface area contributed by atoms with Crippen molar-refractivity contribution in [2.75, 3.05) is 11.9 Å². The summed E-state index contributed by atoms with van der Waals surface area (Å²) in [6, 6.07) is 0. The molecular formula is C20H29N7O3. The van der Waals surface area contributed by atoms with Gasteiger partial charge in [-0.25, -0.2) is 9.78 Å². The standard InChI is InChI=1S/C20H29N7O3/c1-13(2)10-21-19-23-16-15(18(29)24-19)22-12-27(16)9-7-5-4-6-8-26-11-14(3)17(28)25-20(26)30/h11-13H,4-10H2,1-3H3,(H,25,28,30)(H2,21,23,24,29). The van der Waals surface area contributed by atoms with Crippen molar-refractivity contribution in [2.24, 2.45) is 5.92 Å². The molecule has 162 valence electrons. The lowest BCUT2D eigenvalue weighted by Gasteiger charge is -2.09. The Balaban J connectivity index is 1.52. The Bertz CT molecular complexity index is 1170. The van der Waals surface area contributed by atoms with Crippen molar-refractivity contribution in [3.8, 4) is 0 Å². The van der Waals surface area contributed by atoms with Crippen LogP contribution in [0.25, 0.3) is 11.2 Å². The van der Waals surface area contributed by atoms with Gasteiger partial charge in [0.05, 0.1) is 6.33 Å². The van der Waals surface area contributed by atoms with Gasteiger partial charge in [-0.1, -0.05) is 26.7 Å². The quantitative estimate of drug-likeness (QED) is 0.431. The molecule has 3 rings (SSSR count). The van der Waals surface area contributed by atoms with Crippen molar-refractivity contribution in [1.29, 1.82) is 0 Å². The molecule has 10 nitrogen and oxygen atoms in total. The lowest BCUT2D eigenvalue weighted by atomic mass is 10.2. The average Bonchev–Trinajstić information content (AvgIpc) is 3.10. The maximum atomic E-state index is 12.2. The van der Waals surface area contributed by atoms with E-state index < -0.39 is 0 Å². The molecule has 0 aliphatic heterocycles. The molecule has 0 aromatic carbocycles. The molecule has 0 aliphatic rings. The van der Waals surface area contributed by atoms with E-state index in [1.807, 2.05) is 4.57 Å². The number of aromatic amines is 2. The van der Waals surface area contributed by atoms with Gasteiger partial charge in [0.15, 0.2) is 11.2 Å². The maximum Gasteiger partial charge on any atom is 0.328 e. The first kappa shape index (κ1) is 21.5. The zero-order valence-electron chi connectivity index (χ0n) is 17.7. The van der Waals surface area contributed by atoms with E-state index in [4.69, 9.17) is 0 Å². The molecule has 0 radical (unpaired) electrons. The summed E-state index contributed by atoms with van der Waals surface area (Å²) in [6.07, 6.45) is 6.94. The molecule has 0 spiro atoms. The third-order valence-electron chi connectivity index (χ3n) is 4.89. The van der Waals surface area contributed by atoms with Crippen molar-refractivity contribution in [3.63, 3.8) is 0 Å². The molecule has 3 N–H and O–H groups in total. The van der Waals surface area contributed by atoms with E-state index in [2.05, 4.69) is 39.1 Å². The first-order valence-corrected chi connectivity index (χ1v) is 10.3. The minimum atomic E-state index is -0.367. The number of unbranched alkanes of at least 4 members (excludes halogenated alkanes) is 3. The highest BCUT2D eigenvalue weighted by atomic mass is 16.2. The molecule has 0 atom stereocenters. The van der Waals surface area contributed by atoms with Crippen LogP contribution in [0, 0.1) is 12.8 Å². The smallest absolute Gasteiger partial charge is 0.328 e. The Kier molecular flexibility index (Phi) is 6.86. The third-order valence-corrected chi connectivity index (χ3v) is 4.89. The molecule has 0 fully saturated rings. The molecule has 0 unspecified atom stereocenters. The summed E-state index contributed by atoms with van der Waals surface area (Å²) in [7, 11) is 0. The minimum Gasteiger partial charge on any atom is -0.355 e. The number of H-pyrrole nitrogens is 2. The zero-order valence-corrected chi connectivity index (χ0v) is 17.7. The van der Waals surface area contributed by atoms with E-state index in [1.54, 1.807) is 24.0 Å². The van der Waals surface area contributed by atoms with Crippen molar-refractivity contribution in [2.45, 2.75) is 59.5 Å². The van der Waals surface area contributed by atoms with Gasteiger partial charge in [0, 0.05) is 31.4 Å². The zero-order chi connectivity index (χ0) is 21.7. The summed E-state index contributed by atoms with van der Waals surface area (Å²) >= 11 is 0. The number of aromatic nitrogens is 6. The number of imidazole rings is 1. The van der Waals surface area contributed by atoms with Gasteiger partial charge in [-0.05, 0) is 25.7 Å². The van der Waals surface area contributed by atoms with Gasteiger partial charge in [-0.2, -0.15) is 4.98 Å². The maximum absolute atomic E-state index is 12.2. The van der Waals surface area contributed by atoms with E-state index in [0.717, 1.165) is 32.2 Å². The molecule has 10 heteroatoms. The number of hydrogen-bond donors (Lipinski definition) is 3. The highest BCUT2D eigenvalue weighted by molar-refractivity contribution is 5.70. The Hall–Kier alpha value is -3.17. The second-order valence-corrected chi connectivity index (χ2v) is 7.98. The number of aryl methyl sites for hydroxylation is 3. The van der Waals surface area contributed by atoms with Gasteiger partial charge in [0.25, 0.3) is 11.1 Å². The monoisotopic (exact) mass is 415 g/mol. The second kappa shape index (κ2) is 9.55. The van der Waals surface area contributed by atoms with Crippen LogP contribution in [0.1, 0.15) is 45.1 Å². The number of anilines is 1. The molecule has 0 bridgehead atoms. The third kappa shape index (κ3) is 5.25. The topological polar surface area (TPSA) is 130 Å². The molecule has 3 aromatic heterocycles. The van der Waals surface area contributed by atoms with Crippen molar-refractivity contribution in [1.82, 2.24) is 29.1 Å². The van der Waals surface area contributed by atoms with Crippen LogP contribution < -0.4 is 22.1 Å². The van der Waals surface area contributed by atoms with Gasteiger partial charge in [0.1, 0.15) is 0 Å². The van der Waals surface area contributed by atoms with Gasteiger partial charge < -0.3 is 14.5 Å². The Morgan fingerprint density at radius 2 is 1.70 bits per heavy atom. The molecule has 3 aromatic rings. The highest BCUT2D eigenvalue weighted by Gasteiger charge is 2.10. The first-order chi connectivity index (χ1) is 14.3. The molecule has 3 heterocycles. The first-order valence-electron chi connectivity index (χ1n) is 10.3. The lowest BCUT2D eigenvalue weighted by Crippen LogP contribution is -2.30. The Morgan fingerprint density at radius 1 is 1.00 bits per heavy atom. The predicted octanol–water partition coefficient (Wildman–Crippen LogP) is 1.61. The van der Waals surface area contributed by atoms with Crippen LogP contribution in [-0.2, 0) is 13.1 Å². The fraction of sp³-hybridized carbons (Fsp3) is 0.550. The van der Waals surface area contributed by atoms with E-state index in [0.29, 0.717) is 41.7 Å². The Labute approximate surface area is 173 Å². The normalized spacial score (nSPS) is 11.5. The van der Waals surface area contributed by atoms with Crippen LogP contribution in [0.2, 0.25) is 0 Å². The summed E-state index contributed by atoms with van der Waals surface area (Å²) in [5.74, 6) is 0.899. The predicted molar refractivity (Wildman–Crippen MR) is 116 cm³/mol. The molecule has 0 aliphatic carbocycles. The fourth-order valence-electron chi connectivity index (χ4n) is 3.20. The van der Waals surface area contributed by atoms with Crippen molar-refractivity contribution in [3.05, 3.63) is 49.3 Å². The van der Waals surface area contributed by atoms with Crippen LogP contribution in [0.4, 0.5) is 5.95 Å². The number of fused-ring (bicyclic) bond motifs is 1. The molecule has 30 heavy (non-hydrogen) atoms. The van der Waals surface area contributed by atoms with Gasteiger partial charge >= 0.3 is 5.69 Å². The van der Waals surface area contributed by atoms with Gasteiger partial charge in [-0.15, -0.1) is 0 Å². The lowest BCUT2D eigenvalue weighted by molar-refractivity contribution is 0.530. The van der Waals surface area contributed by atoms with Gasteiger partial charge in [-0.3, -0.25) is 19.6 Å². The van der Waals surface area contributed by atoms with Gasteiger partial charge in [0.2, 0.25) is 5.95 Å². The second-order valence-electron chi connectivity index (χ2n) is 7.98. The van der Waals surface area contributed by atoms with Crippen molar-refractivity contribution >= 4 is 17.1 Å². The average molecular weight is 415 g/mol. The summed E-state index contributed by atoms with van der Waals surface area (Å²) in [6.45, 7) is 7.87. The summed E-state index contributed by atoms with van der Waals surface area (Å²) < 4.78 is 3.45. The number of rotatable bonds is 10. The van der Waals surface area contributed by atoms with E-state index >= 15 is 0 Å². The largest absolute Gasteiger partial charge is 0.355 e. The fourth-order valence-corrected chi connectivity index (χ4v) is 3.20. The molecular weight excluding hydrogens is 386 g/mol. The van der Waals surface area contributed by atoms with Crippen LogP contribution >= 0.6 is 0 Å². The van der Waals surface area contributed by atoms with E-state index in [9.17, 15) is 14.4 Å². The summed E-state index contributed by atoms with van der Waals surface area (Å²) in [4.78, 5) is 49.2.